The van der Waals surface area contributed by atoms with Crippen LogP contribution >= 0.6 is 11.8 Å². The maximum Gasteiger partial charge on any atom is 0.308 e. The molecule has 0 fully saturated rings. The van der Waals surface area contributed by atoms with Gasteiger partial charge in [0.1, 0.15) is 5.75 Å². The summed E-state index contributed by atoms with van der Waals surface area (Å²) in [6.45, 7) is 1.35. The summed E-state index contributed by atoms with van der Waals surface area (Å²) in [6.07, 6.45) is 1.93. The number of nitrogens with zero attached hydrogens (tertiary/aromatic N) is 1. The van der Waals surface area contributed by atoms with Crippen LogP contribution < -0.4 is 10.2 Å². The molecule has 0 saturated carbocycles. The molecule has 0 spiro atoms. The molecule has 0 aromatic heterocycles. The largest absolute Gasteiger partial charge is 0.427 e. The lowest BCUT2D eigenvalue weighted by atomic mass is 10.2. The van der Waals surface area contributed by atoms with E-state index in [2.05, 4.69) is 10.5 Å². The summed E-state index contributed by atoms with van der Waals surface area (Å²) in [5, 5.41) is 3.92. The number of rotatable bonds is 7. The van der Waals surface area contributed by atoms with E-state index in [4.69, 9.17) is 4.74 Å². The van der Waals surface area contributed by atoms with Crippen molar-refractivity contribution in [1.82, 2.24) is 5.43 Å². The van der Waals surface area contributed by atoms with Crippen molar-refractivity contribution in [3.63, 3.8) is 0 Å². The van der Waals surface area contributed by atoms with Crippen molar-refractivity contribution in [2.45, 2.75) is 18.2 Å². The molecule has 1 N–H and O–H groups in total. The molecule has 0 bridgehead atoms. The molecular formula is C18H18N2O3S. The van der Waals surface area contributed by atoms with Gasteiger partial charge in [-0.15, -0.1) is 11.8 Å². The number of esters is 1. The lowest BCUT2D eigenvalue weighted by Gasteiger charge is -2.02. The molecule has 2 aromatic carbocycles. The second kappa shape index (κ2) is 9.52. The predicted octanol–water partition coefficient (Wildman–Crippen LogP) is 3.24. The number of benzene rings is 2. The van der Waals surface area contributed by atoms with Gasteiger partial charge in [-0.25, -0.2) is 5.43 Å². The Morgan fingerprint density at radius 2 is 1.83 bits per heavy atom. The molecule has 2 rings (SSSR count). The van der Waals surface area contributed by atoms with Crippen molar-refractivity contribution >= 4 is 29.9 Å². The first-order chi connectivity index (χ1) is 11.6. The number of ether oxygens (including phenoxy) is 1. The Morgan fingerprint density at radius 3 is 2.50 bits per heavy atom. The first-order valence-corrected chi connectivity index (χ1v) is 8.40. The third-order valence-corrected chi connectivity index (χ3v) is 3.90. The maximum atomic E-state index is 11.7. The Bertz CT molecular complexity index is 700. The molecule has 0 aliphatic carbocycles. The number of carbonyl (C=O) groups excluding carboxylic acids is 2. The molecule has 124 valence electrons. The third-order valence-electron chi connectivity index (χ3n) is 2.89. The molecule has 0 radical (unpaired) electrons. The fourth-order valence-corrected chi connectivity index (χ4v) is 2.67. The van der Waals surface area contributed by atoms with Gasteiger partial charge in [-0.2, -0.15) is 5.10 Å². The van der Waals surface area contributed by atoms with Gasteiger partial charge in [0, 0.05) is 24.0 Å². The second-order valence-corrected chi connectivity index (χ2v) is 6.04. The normalized spacial score (nSPS) is 10.5. The molecule has 0 atom stereocenters. The molecule has 24 heavy (non-hydrogen) atoms. The van der Waals surface area contributed by atoms with Crippen molar-refractivity contribution in [1.29, 1.82) is 0 Å². The molecule has 0 unspecified atom stereocenters. The summed E-state index contributed by atoms with van der Waals surface area (Å²) < 4.78 is 4.94. The highest BCUT2D eigenvalue weighted by Gasteiger charge is 2.01. The van der Waals surface area contributed by atoms with Gasteiger partial charge in [-0.05, 0) is 42.0 Å². The Kier molecular flexibility index (Phi) is 7.04. The van der Waals surface area contributed by atoms with E-state index in [1.165, 1.54) is 6.92 Å². The maximum absolute atomic E-state index is 11.7. The topological polar surface area (TPSA) is 67.8 Å². The Hall–Kier alpha value is -2.60. The number of hydrazone groups is 1. The fraction of sp³-hybridized carbons (Fsp3) is 0.167. The minimum atomic E-state index is -0.364. The van der Waals surface area contributed by atoms with Crippen LogP contribution in [0.25, 0.3) is 0 Å². The van der Waals surface area contributed by atoms with Crippen LogP contribution in [0.15, 0.2) is 64.6 Å². The number of hydrogen-bond acceptors (Lipinski definition) is 5. The third kappa shape index (κ3) is 6.66. The van der Waals surface area contributed by atoms with Gasteiger partial charge in [-0.3, -0.25) is 9.59 Å². The monoisotopic (exact) mass is 342 g/mol. The summed E-state index contributed by atoms with van der Waals surface area (Å²) >= 11 is 1.63. The van der Waals surface area contributed by atoms with Gasteiger partial charge in [0.15, 0.2) is 0 Å². The van der Waals surface area contributed by atoms with E-state index < -0.39 is 0 Å². The van der Waals surface area contributed by atoms with E-state index in [-0.39, 0.29) is 11.9 Å². The number of nitrogens with one attached hydrogen (secondary N) is 1. The molecule has 0 aliphatic heterocycles. The minimum absolute atomic E-state index is 0.133. The fourth-order valence-electron chi connectivity index (χ4n) is 1.80. The quantitative estimate of drug-likeness (QED) is 0.276. The summed E-state index contributed by atoms with van der Waals surface area (Å²) in [5.74, 6) is 0.674. The minimum Gasteiger partial charge on any atom is -0.427 e. The van der Waals surface area contributed by atoms with Gasteiger partial charge in [0.2, 0.25) is 5.91 Å². The molecule has 0 aliphatic rings. The van der Waals surface area contributed by atoms with Crippen LogP contribution in [0.5, 0.6) is 5.75 Å². The van der Waals surface area contributed by atoms with Gasteiger partial charge in [-0.1, -0.05) is 18.2 Å². The van der Waals surface area contributed by atoms with Gasteiger partial charge < -0.3 is 4.74 Å². The van der Waals surface area contributed by atoms with Crippen LogP contribution in [0.1, 0.15) is 18.9 Å². The van der Waals surface area contributed by atoms with Gasteiger partial charge in [0.05, 0.1) is 6.21 Å². The van der Waals surface area contributed by atoms with Crippen LogP contribution in [0.2, 0.25) is 0 Å². The SMILES string of the molecule is CC(=O)Oc1ccc(/C=N\NC(=O)CCSc2ccccc2)cc1. The summed E-state index contributed by atoms with van der Waals surface area (Å²) in [4.78, 5) is 23.7. The van der Waals surface area contributed by atoms with E-state index in [1.54, 1.807) is 42.2 Å². The molecule has 0 heterocycles. The van der Waals surface area contributed by atoms with Gasteiger partial charge in [0.25, 0.3) is 0 Å². The molecule has 0 saturated heterocycles. The zero-order valence-corrected chi connectivity index (χ0v) is 14.1. The summed E-state index contributed by atoms with van der Waals surface area (Å²) in [6, 6.07) is 16.8. The van der Waals surface area contributed by atoms with Crippen molar-refractivity contribution in [3.8, 4) is 5.75 Å². The van der Waals surface area contributed by atoms with Crippen molar-refractivity contribution < 1.29 is 14.3 Å². The van der Waals surface area contributed by atoms with Crippen molar-refractivity contribution in [2.24, 2.45) is 5.10 Å². The van der Waals surface area contributed by atoms with Crippen LogP contribution in [-0.2, 0) is 9.59 Å². The van der Waals surface area contributed by atoms with E-state index >= 15 is 0 Å². The van der Waals surface area contributed by atoms with E-state index in [9.17, 15) is 9.59 Å². The molecule has 5 nitrogen and oxygen atoms in total. The molecule has 1 amide bonds. The van der Waals surface area contributed by atoms with E-state index in [1.807, 2.05) is 30.3 Å². The zero-order chi connectivity index (χ0) is 17.2. The highest BCUT2D eigenvalue weighted by atomic mass is 32.2. The highest BCUT2D eigenvalue weighted by Crippen LogP contribution is 2.17. The lowest BCUT2D eigenvalue weighted by molar-refractivity contribution is -0.131. The average Bonchev–Trinajstić information content (AvgIpc) is 2.57. The zero-order valence-electron chi connectivity index (χ0n) is 13.3. The highest BCUT2D eigenvalue weighted by molar-refractivity contribution is 7.99. The Labute approximate surface area is 145 Å². The Morgan fingerprint density at radius 1 is 1.12 bits per heavy atom. The van der Waals surface area contributed by atoms with E-state index in [0.29, 0.717) is 17.9 Å². The molecular weight excluding hydrogens is 324 g/mol. The second-order valence-electron chi connectivity index (χ2n) is 4.87. The number of hydrogen-bond donors (Lipinski definition) is 1. The van der Waals surface area contributed by atoms with Crippen LogP contribution in [0.3, 0.4) is 0 Å². The smallest absolute Gasteiger partial charge is 0.308 e. The molecule has 6 heteroatoms. The summed E-state index contributed by atoms with van der Waals surface area (Å²) in [7, 11) is 0. The Balaban J connectivity index is 1.70. The van der Waals surface area contributed by atoms with Gasteiger partial charge >= 0.3 is 5.97 Å². The van der Waals surface area contributed by atoms with E-state index in [0.717, 1.165) is 10.5 Å². The molecule has 2 aromatic rings. The van der Waals surface area contributed by atoms with Crippen molar-refractivity contribution in [2.75, 3.05) is 5.75 Å². The van der Waals surface area contributed by atoms with Crippen LogP contribution in [0.4, 0.5) is 0 Å². The predicted molar refractivity (Wildman–Crippen MR) is 95.3 cm³/mol. The standard InChI is InChI=1S/C18H18N2O3S/c1-14(21)23-16-9-7-15(8-10-16)13-19-20-18(22)11-12-24-17-5-3-2-4-6-17/h2-10,13H,11-12H2,1H3,(H,20,22)/b19-13-. The summed E-state index contributed by atoms with van der Waals surface area (Å²) in [5.41, 5.74) is 3.29. The number of carbonyl (C=O) groups is 2. The average molecular weight is 342 g/mol. The first kappa shape index (κ1) is 17.7. The lowest BCUT2D eigenvalue weighted by Crippen LogP contribution is -2.17. The van der Waals surface area contributed by atoms with Crippen molar-refractivity contribution in [3.05, 3.63) is 60.2 Å². The first-order valence-electron chi connectivity index (χ1n) is 7.42. The number of amides is 1. The van der Waals surface area contributed by atoms with Crippen LogP contribution in [0, 0.1) is 0 Å². The van der Waals surface area contributed by atoms with Crippen LogP contribution in [-0.4, -0.2) is 23.8 Å². The number of thioether (sulfide) groups is 1.